The molecule has 1 aliphatic heterocycles. The van der Waals surface area contributed by atoms with Crippen LogP contribution in [0.1, 0.15) is 24.5 Å². The van der Waals surface area contributed by atoms with Gasteiger partial charge < -0.3 is 14.7 Å². The van der Waals surface area contributed by atoms with Gasteiger partial charge in [0.05, 0.1) is 19.1 Å². The quantitative estimate of drug-likeness (QED) is 0.834. The molecule has 23 heavy (non-hydrogen) atoms. The third-order valence-corrected chi connectivity index (χ3v) is 4.38. The molecular formula is C19H21NO3. The molecular weight excluding hydrogens is 290 g/mol. The molecule has 0 radical (unpaired) electrons. The van der Waals surface area contributed by atoms with Crippen molar-refractivity contribution in [3.05, 3.63) is 60.2 Å². The van der Waals surface area contributed by atoms with Gasteiger partial charge in [-0.15, -0.1) is 0 Å². The second-order valence-corrected chi connectivity index (χ2v) is 5.85. The maximum absolute atomic E-state index is 12.3. The summed E-state index contributed by atoms with van der Waals surface area (Å²) in [5.74, 6) is 0.926. The molecule has 1 amide bonds. The fourth-order valence-electron chi connectivity index (χ4n) is 2.91. The minimum atomic E-state index is -0.501. The van der Waals surface area contributed by atoms with Crippen LogP contribution in [0.2, 0.25) is 0 Å². The minimum Gasteiger partial charge on any atom is -0.497 e. The number of rotatable bonds is 6. The van der Waals surface area contributed by atoms with Crippen LogP contribution < -0.4 is 9.64 Å². The lowest BCUT2D eigenvalue weighted by molar-refractivity contribution is -0.127. The van der Waals surface area contributed by atoms with Crippen molar-refractivity contribution in [2.75, 3.05) is 18.6 Å². The van der Waals surface area contributed by atoms with Crippen molar-refractivity contribution in [2.45, 2.75) is 18.9 Å². The molecule has 1 saturated heterocycles. The average Bonchev–Trinajstić information content (AvgIpc) is 2.61. The molecule has 120 valence electrons. The molecule has 2 aromatic rings. The second-order valence-electron chi connectivity index (χ2n) is 5.85. The Labute approximate surface area is 136 Å². The van der Waals surface area contributed by atoms with Crippen LogP contribution in [-0.2, 0) is 4.79 Å². The predicted octanol–water partition coefficient (Wildman–Crippen LogP) is 3.17. The van der Waals surface area contributed by atoms with Crippen LogP contribution in [0.15, 0.2) is 54.6 Å². The van der Waals surface area contributed by atoms with E-state index < -0.39 is 6.10 Å². The highest BCUT2D eigenvalue weighted by molar-refractivity contribution is 6.01. The molecule has 1 fully saturated rings. The first kappa shape index (κ1) is 15.6. The van der Waals surface area contributed by atoms with E-state index in [2.05, 4.69) is 0 Å². The Kier molecular flexibility index (Phi) is 4.63. The van der Waals surface area contributed by atoms with Crippen LogP contribution in [0, 0.1) is 5.92 Å². The van der Waals surface area contributed by atoms with Gasteiger partial charge in [-0.1, -0.05) is 30.3 Å². The summed E-state index contributed by atoms with van der Waals surface area (Å²) in [5.41, 5.74) is 1.81. The van der Waals surface area contributed by atoms with E-state index in [1.54, 1.807) is 12.0 Å². The SMILES string of the molecule is COc1ccc(N2C[C@@H](CC[C@@H](O)c3ccccc3)C2=O)cc1. The average molecular weight is 311 g/mol. The van der Waals surface area contributed by atoms with Crippen molar-refractivity contribution in [3.8, 4) is 5.75 Å². The summed E-state index contributed by atoms with van der Waals surface area (Å²) >= 11 is 0. The number of methoxy groups -OCH3 is 1. The molecule has 1 aliphatic rings. The summed E-state index contributed by atoms with van der Waals surface area (Å²) in [4.78, 5) is 14.1. The van der Waals surface area contributed by atoms with E-state index in [1.165, 1.54) is 0 Å². The van der Waals surface area contributed by atoms with E-state index in [9.17, 15) is 9.90 Å². The van der Waals surface area contributed by atoms with Gasteiger partial charge in [-0.05, 0) is 42.7 Å². The summed E-state index contributed by atoms with van der Waals surface area (Å²) < 4.78 is 5.12. The van der Waals surface area contributed by atoms with Gasteiger partial charge in [-0.2, -0.15) is 0 Å². The van der Waals surface area contributed by atoms with E-state index >= 15 is 0 Å². The van der Waals surface area contributed by atoms with Crippen LogP contribution >= 0.6 is 0 Å². The monoisotopic (exact) mass is 311 g/mol. The van der Waals surface area contributed by atoms with E-state index in [0.29, 0.717) is 19.4 Å². The molecule has 2 aromatic carbocycles. The third-order valence-electron chi connectivity index (χ3n) is 4.38. The first-order valence-corrected chi connectivity index (χ1v) is 7.87. The number of aliphatic hydroxyl groups excluding tert-OH is 1. The van der Waals surface area contributed by atoms with Crippen LogP contribution in [0.25, 0.3) is 0 Å². The van der Waals surface area contributed by atoms with Crippen LogP contribution in [0.5, 0.6) is 5.75 Å². The highest BCUT2D eigenvalue weighted by atomic mass is 16.5. The van der Waals surface area contributed by atoms with Crippen molar-refractivity contribution < 1.29 is 14.6 Å². The standard InChI is InChI=1S/C19H21NO3/c1-23-17-10-8-16(9-11-17)20-13-15(19(20)22)7-12-18(21)14-5-3-2-4-6-14/h2-6,8-11,15,18,21H,7,12-13H2,1H3/t15-,18-/m1/s1. The van der Waals surface area contributed by atoms with Gasteiger partial charge >= 0.3 is 0 Å². The Hall–Kier alpha value is -2.33. The van der Waals surface area contributed by atoms with E-state index in [0.717, 1.165) is 17.0 Å². The summed E-state index contributed by atoms with van der Waals surface area (Å²) in [6, 6.07) is 17.1. The maximum Gasteiger partial charge on any atom is 0.231 e. The number of hydrogen-bond acceptors (Lipinski definition) is 3. The molecule has 0 aliphatic carbocycles. The first-order chi connectivity index (χ1) is 11.2. The Morgan fingerprint density at radius 1 is 1.17 bits per heavy atom. The van der Waals surface area contributed by atoms with Gasteiger partial charge in [0, 0.05) is 12.2 Å². The summed E-state index contributed by atoms with van der Waals surface area (Å²) in [6.07, 6.45) is 0.817. The number of nitrogens with zero attached hydrogens (tertiary/aromatic N) is 1. The van der Waals surface area contributed by atoms with Gasteiger partial charge in [0.25, 0.3) is 0 Å². The van der Waals surface area contributed by atoms with Crippen LogP contribution in [-0.4, -0.2) is 24.7 Å². The van der Waals surface area contributed by atoms with Gasteiger partial charge in [0.15, 0.2) is 0 Å². The number of ether oxygens (including phenoxy) is 1. The maximum atomic E-state index is 12.3. The Morgan fingerprint density at radius 2 is 1.87 bits per heavy atom. The third kappa shape index (κ3) is 3.37. The summed E-state index contributed by atoms with van der Waals surface area (Å²) in [7, 11) is 1.62. The smallest absolute Gasteiger partial charge is 0.231 e. The fourth-order valence-corrected chi connectivity index (χ4v) is 2.91. The number of hydrogen-bond donors (Lipinski definition) is 1. The van der Waals surface area contributed by atoms with Crippen molar-refractivity contribution in [1.29, 1.82) is 0 Å². The van der Waals surface area contributed by atoms with E-state index in [4.69, 9.17) is 4.74 Å². The molecule has 4 heteroatoms. The summed E-state index contributed by atoms with van der Waals surface area (Å²) in [6.45, 7) is 0.715. The minimum absolute atomic E-state index is 0.00969. The lowest BCUT2D eigenvalue weighted by Crippen LogP contribution is -2.52. The first-order valence-electron chi connectivity index (χ1n) is 7.87. The van der Waals surface area contributed by atoms with Crippen molar-refractivity contribution in [3.63, 3.8) is 0 Å². The van der Waals surface area contributed by atoms with Gasteiger partial charge in [-0.25, -0.2) is 0 Å². The molecule has 0 unspecified atom stereocenters. The lowest BCUT2D eigenvalue weighted by atomic mass is 9.90. The fraction of sp³-hybridized carbons (Fsp3) is 0.316. The number of carbonyl (C=O) groups excluding carboxylic acids is 1. The highest BCUT2D eigenvalue weighted by Gasteiger charge is 2.37. The summed E-state index contributed by atoms with van der Waals surface area (Å²) in [5, 5.41) is 10.2. The Morgan fingerprint density at radius 3 is 2.48 bits per heavy atom. The van der Waals surface area contributed by atoms with E-state index in [-0.39, 0.29) is 11.8 Å². The molecule has 2 atom stereocenters. The number of anilines is 1. The van der Waals surface area contributed by atoms with Gasteiger partial charge in [-0.3, -0.25) is 4.79 Å². The second kappa shape index (κ2) is 6.84. The van der Waals surface area contributed by atoms with Crippen LogP contribution in [0.3, 0.4) is 0 Å². The number of aliphatic hydroxyl groups is 1. The lowest BCUT2D eigenvalue weighted by Gasteiger charge is -2.39. The molecule has 0 spiro atoms. The molecule has 3 rings (SSSR count). The van der Waals surface area contributed by atoms with Crippen molar-refractivity contribution >= 4 is 11.6 Å². The molecule has 0 saturated carbocycles. The number of benzene rings is 2. The van der Waals surface area contributed by atoms with Crippen LogP contribution in [0.4, 0.5) is 5.69 Å². The van der Waals surface area contributed by atoms with Crippen molar-refractivity contribution in [1.82, 2.24) is 0 Å². The number of β-lactam (4-membered cyclic amide) rings is 1. The van der Waals surface area contributed by atoms with E-state index in [1.807, 2.05) is 54.6 Å². The van der Waals surface area contributed by atoms with Crippen molar-refractivity contribution in [2.24, 2.45) is 5.92 Å². The number of carbonyl (C=O) groups is 1. The largest absolute Gasteiger partial charge is 0.497 e. The molecule has 0 bridgehead atoms. The zero-order valence-electron chi connectivity index (χ0n) is 13.2. The van der Waals surface area contributed by atoms with Gasteiger partial charge in [0.1, 0.15) is 5.75 Å². The van der Waals surface area contributed by atoms with Gasteiger partial charge in [0.2, 0.25) is 5.91 Å². The normalized spacial score (nSPS) is 18.4. The zero-order chi connectivity index (χ0) is 16.2. The highest BCUT2D eigenvalue weighted by Crippen LogP contribution is 2.31. The topological polar surface area (TPSA) is 49.8 Å². The Balaban J connectivity index is 1.51. The number of amides is 1. The molecule has 1 N–H and O–H groups in total. The Bertz CT molecular complexity index is 654. The molecule has 4 nitrogen and oxygen atoms in total. The molecule has 1 heterocycles. The molecule has 0 aromatic heterocycles. The predicted molar refractivity (Wildman–Crippen MR) is 89.5 cm³/mol. The zero-order valence-corrected chi connectivity index (χ0v) is 13.2.